The number of esters is 1. The van der Waals surface area contributed by atoms with Crippen molar-refractivity contribution in [2.24, 2.45) is 0 Å². The van der Waals surface area contributed by atoms with Crippen LogP contribution in [0.1, 0.15) is 13.3 Å². The molecule has 0 unspecified atom stereocenters. The Morgan fingerprint density at radius 1 is 1.42 bits per heavy atom. The zero-order valence-electron chi connectivity index (χ0n) is 11.3. The fourth-order valence-corrected chi connectivity index (χ4v) is 1.78. The smallest absolute Gasteiger partial charge is 0.333 e. The van der Waals surface area contributed by atoms with E-state index in [2.05, 4.69) is 10.1 Å². The first-order chi connectivity index (χ1) is 9.12. The van der Waals surface area contributed by atoms with Gasteiger partial charge in [-0.3, -0.25) is 0 Å². The molecule has 0 bridgehead atoms. The first-order valence-electron chi connectivity index (χ1n) is 5.97. The van der Waals surface area contributed by atoms with E-state index in [0.29, 0.717) is 29.3 Å². The van der Waals surface area contributed by atoms with E-state index in [1.165, 1.54) is 7.11 Å². The number of benzene rings is 1. The lowest BCUT2D eigenvalue weighted by Crippen LogP contribution is -2.07. The molecule has 1 rings (SSSR count). The molecule has 0 spiro atoms. The van der Waals surface area contributed by atoms with Crippen LogP contribution in [-0.4, -0.2) is 26.7 Å². The van der Waals surface area contributed by atoms with Crippen LogP contribution in [0, 0.1) is 0 Å². The molecule has 0 saturated carbocycles. The van der Waals surface area contributed by atoms with Crippen LogP contribution < -0.4 is 10.1 Å². The minimum Gasteiger partial charge on any atom is -0.495 e. The van der Waals surface area contributed by atoms with Gasteiger partial charge in [0.2, 0.25) is 0 Å². The van der Waals surface area contributed by atoms with Gasteiger partial charge in [-0.15, -0.1) is 0 Å². The normalized spacial score (nSPS) is 11.1. The highest BCUT2D eigenvalue weighted by Crippen LogP contribution is 2.27. The monoisotopic (exact) mass is 283 g/mol. The van der Waals surface area contributed by atoms with Crippen molar-refractivity contribution < 1.29 is 14.3 Å². The number of hydrogen-bond acceptors (Lipinski definition) is 4. The van der Waals surface area contributed by atoms with Crippen LogP contribution in [0.4, 0.5) is 5.69 Å². The molecule has 5 heteroatoms. The van der Waals surface area contributed by atoms with Gasteiger partial charge in [-0.25, -0.2) is 4.79 Å². The Balaban J connectivity index is 2.73. The molecule has 19 heavy (non-hydrogen) atoms. The van der Waals surface area contributed by atoms with E-state index in [0.717, 1.165) is 5.69 Å². The van der Waals surface area contributed by atoms with Gasteiger partial charge in [0.05, 0.1) is 19.9 Å². The van der Waals surface area contributed by atoms with Crippen molar-refractivity contribution in [3.05, 3.63) is 34.9 Å². The van der Waals surface area contributed by atoms with E-state index < -0.39 is 0 Å². The Hall–Kier alpha value is -1.68. The van der Waals surface area contributed by atoms with E-state index in [9.17, 15) is 4.79 Å². The van der Waals surface area contributed by atoms with Crippen molar-refractivity contribution in [2.75, 3.05) is 26.1 Å². The Morgan fingerprint density at radius 3 is 2.74 bits per heavy atom. The highest BCUT2D eigenvalue weighted by Gasteiger charge is 2.07. The summed E-state index contributed by atoms with van der Waals surface area (Å²) in [6.07, 6.45) is 2.42. The molecule has 0 atom stereocenters. The van der Waals surface area contributed by atoms with Gasteiger partial charge in [-0.05, 0) is 24.6 Å². The average molecular weight is 284 g/mol. The van der Waals surface area contributed by atoms with Crippen LogP contribution in [0.2, 0.25) is 5.02 Å². The summed E-state index contributed by atoms with van der Waals surface area (Å²) in [5, 5.41) is 3.78. The fraction of sp³-hybridized carbons (Fsp3) is 0.357. The molecule has 0 aromatic heterocycles. The van der Waals surface area contributed by atoms with Crippen LogP contribution in [0.15, 0.2) is 29.8 Å². The van der Waals surface area contributed by atoms with Gasteiger partial charge >= 0.3 is 5.97 Å². The number of hydrogen-bond donors (Lipinski definition) is 1. The van der Waals surface area contributed by atoms with Crippen molar-refractivity contribution in [1.82, 2.24) is 0 Å². The second kappa shape index (κ2) is 7.69. The molecule has 0 radical (unpaired) electrons. The van der Waals surface area contributed by atoms with E-state index in [1.54, 1.807) is 31.4 Å². The average Bonchev–Trinajstić information content (AvgIpc) is 2.43. The van der Waals surface area contributed by atoms with Crippen molar-refractivity contribution in [1.29, 1.82) is 0 Å². The molecule has 104 valence electrons. The van der Waals surface area contributed by atoms with E-state index >= 15 is 0 Å². The molecular formula is C14H18ClNO3. The van der Waals surface area contributed by atoms with Crippen LogP contribution in [-0.2, 0) is 9.53 Å². The molecule has 4 nitrogen and oxygen atoms in total. The third-order valence-corrected chi connectivity index (χ3v) is 2.87. The molecule has 0 fully saturated rings. The summed E-state index contributed by atoms with van der Waals surface area (Å²) in [5.74, 6) is 0.399. The minimum atomic E-state index is -0.303. The third-order valence-electron chi connectivity index (χ3n) is 2.63. The quantitative estimate of drug-likeness (QED) is 0.643. The van der Waals surface area contributed by atoms with Gasteiger partial charge in [0.1, 0.15) is 5.75 Å². The molecule has 0 saturated heterocycles. The summed E-state index contributed by atoms with van der Waals surface area (Å²) in [5.41, 5.74) is 1.42. The summed E-state index contributed by atoms with van der Waals surface area (Å²) >= 11 is 5.93. The molecular weight excluding hydrogens is 266 g/mol. The van der Waals surface area contributed by atoms with Gasteiger partial charge in [0.25, 0.3) is 0 Å². The van der Waals surface area contributed by atoms with Gasteiger partial charge < -0.3 is 14.8 Å². The van der Waals surface area contributed by atoms with E-state index in [4.69, 9.17) is 16.3 Å². The van der Waals surface area contributed by atoms with Gasteiger partial charge in [-0.1, -0.05) is 24.6 Å². The summed E-state index contributed by atoms with van der Waals surface area (Å²) < 4.78 is 9.91. The van der Waals surface area contributed by atoms with Crippen LogP contribution in [0.3, 0.4) is 0 Å². The van der Waals surface area contributed by atoms with E-state index in [-0.39, 0.29) is 5.97 Å². The lowest BCUT2D eigenvalue weighted by Gasteiger charge is -2.10. The lowest BCUT2D eigenvalue weighted by molar-refractivity contribution is -0.136. The Kier molecular flexibility index (Phi) is 6.22. The number of ether oxygens (including phenoxy) is 2. The minimum absolute atomic E-state index is 0.303. The number of nitrogens with one attached hydrogen (secondary N) is 1. The maximum absolute atomic E-state index is 11.4. The summed E-state index contributed by atoms with van der Waals surface area (Å²) in [6, 6.07) is 5.32. The molecule has 0 aliphatic carbocycles. The number of halogens is 1. The second-order valence-corrected chi connectivity index (χ2v) is 4.24. The third kappa shape index (κ3) is 4.48. The molecule has 0 heterocycles. The Morgan fingerprint density at radius 2 is 2.16 bits per heavy atom. The van der Waals surface area contributed by atoms with Crippen molar-refractivity contribution in [3.63, 3.8) is 0 Å². The predicted molar refractivity (Wildman–Crippen MR) is 76.9 cm³/mol. The Bertz CT molecular complexity index is 472. The highest BCUT2D eigenvalue weighted by atomic mass is 35.5. The van der Waals surface area contributed by atoms with Gasteiger partial charge in [0.15, 0.2) is 0 Å². The second-order valence-electron chi connectivity index (χ2n) is 3.80. The van der Waals surface area contributed by atoms with Crippen molar-refractivity contribution in [2.45, 2.75) is 13.3 Å². The fourth-order valence-electron chi connectivity index (χ4n) is 1.61. The largest absolute Gasteiger partial charge is 0.495 e. The molecule has 1 N–H and O–H groups in total. The van der Waals surface area contributed by atoms with Crippen LogP contribution in [0.25, 0.3) is 0 Å². The molecule has 1 aromatic carbocycles. The van der Waals surface area contributed by atoms with Gasteiger partial charge in [0, 0.05) is 17.1 Å². The van der Waals surface area contributed by atoms with Crippen molar-refractivity contribution in [3.8, 4) is 5.75 Å². The highest BCUT2D eigenvalue weighted by molar-refractivity contribution is 6.30. The zero-order valence-corrected chi connectivity index (χ0v) is 12.1. The van der Waals surface area contributed by atoms with Crippen LogP contribution >= 0.6 is 11.6 Å². The lowest BCUT2D eigenvalue weighted by atomic mass is 10.2. The maximum Gasteiger partial charge on any atom is 0.333 e. The maximum atomic E-state index is 11.4. The molecule has 0 aliphatic rings. The number of carbonyl (C=O) groups is 1. The predicted octanol–water partition coefficient (Wildman–Crippen LogP) is 3.27. The van der Waals surface area contributed by atoms with Crippen LogP contribution in [0.5, 0.6) is 5.75 Å². The molecule has 0 amide bonds. The number of rotatable bonds is 6. The number of carbonyl (C=O) groups excluding carboxylic acids is 1. The number of methoxy groups -OCH3 is 2. The Labute approximate surface area is 118 Å². The first-order valence-corrected chi connectivity index (χ1v) is 6.34. The summed E-state index contributed by atoms with van der Waals surface area (Å²) in [7, 11) is 2.97. The topological polar surface area (TPSA) is 47.6 Å². The van der Waals surface area contributed by atoms with Gasteiger partial charge in [-0.2, -0.15) is 0 Å². The zero-order chi connectivity index (χ0) is 14.3. The summed E-state index contributed by atoms with van der Waals surface area (Å²) in [6.45, 7) is 2.40. The van der Waals surface area contributed by atoms with E-state index in [1.807, 2.05) is 6.92 Å². The summed E-state index contributed by atoms with van der Waals surface area (Å²) in [4.78, 5) is 11.4. The standard InChI is InChI=1S/C14H18ClNO3/c1-4-10(14(17)19-3)7-8-16-12-9-11(15)5-6-13(12)18-2/h5-7,9,16H,4,8H2,1-3H3/b10-7-. The SMILES string of the molecule is CC/C(=C/CNc1cc(Cl)ccc1OC)C(=O)OC. The molecule has 1 aromatic rings. The van der Waals surface area contributed by atoms with Crippen molar-refractivity contribution >= 4 is 23.3 Å². The first kappa shape index (κ1) is 15.4. The number of anilines is 1. The molecule has 0 aliphatic heterocycles.